The van der Waals surface area contributed by atoms with Crippen molar-refractivity contribution in [3.05, 3.63) is 24.0 Å². The molecule has 4 saturated carbocycles. The van der Waals surface area contributed by atoms with Crippen molar-refractivity contribution < 1.29 is 14.3 Å². The first kappa shape index (κ1) is 22.6. The minimum absolute atomic E-state index is 0.0371. The molecule has 1 aromatic carbocycles. The Bertz CT molecular complexity index is 1130. The summed E-state index contributed by atoms with van der Waals surface area (Å²) in [5.41, 5.74) is 0.610. The Labute approximate surface area is 201 Å². The number of aliphatic hydroxyl groups is 1. The Balaban J connectivity index is 1.21. The highest BCUT2D eigenvalue weighted by molar-refractivity contribution is 5.82. The van der Waals surface area contributed by atoms with Crippen molar-refractivity contribution in [3.8, 4) is 0 Å². The number of hydrogen-bond acceptors (Lipinski definition) is 4. The highest BCUT2D eigenvalue weighted by Crippen LogP contribution is 2.68. The first-order valence-electron chi connectivity index (χ1n) is 13.4. The summed E-state index contributed by atoms with van der Waals surface area (Å²) in [6, 6.07) is 4.75. The molecule has 0 saturated heterocycles. The monoisotopic (exact) mass is 467 g/mol. The van der Waals surface area contributed by atoms with Gasteiger partial charge in [0.25, 0.3) is 0 Å². The maximum absolute atomic E-state index is 14.1. The van der Waals surface area contributed by atoms with Gasteiger partial charge in [0.1, 0.15) is 17.6 Å². The van der Waals surface area contributed by atoms with Crippen LogP contribution in [0, 0.1) is 46.2 Å². The first-order chi connectivity index (χ1) is 16.1. The molecule has 0 amide bonds. The summed E-state index contributed by atoms with van der Waals surface area (Å²) in [6.07, 6.45) is 9.85. The van der Waals surface area contributed by atoms with Gasteiger partial charge in [-0.2, -0.15) is 9.90 Å². The fourth-order valence-electron chi connectivity index (χ4n) is 9.23. The Morgan fingerprint density at radius 3 is 2.62 bits per heavy atom. The molecule has 0 bridgehead atoms. The van der Waals surface area contributed by atoms with Crippen molar-refractivity contribution in [1.29, 1.82) is 0 Å². The first-order valence-corrected chi connectivity index (χ1v) is 13.4. The lowest BCUT2D eigenvalue weighted by Crippen LogP contribution is -2.55. The number of halogens is 1. The molecule has 34 heavy (non-hydrogen) atoms. The number of aromatic nitrogens is 3. The van der Waals surface area contributed by atoms with Crippen LogP contribution in [0.5, 0.6) is 0 Å². The maximum Gasteiger partial charge on any atom is 0.159 e. The van der Waals surface area contributed by atoms with Gasteiger partial charge in [-0.3, -0.25) is 4.79 Å². The molecule has 1 heterocycles. The van der Waals surface area contributed by atoms with E-state index in [1.54, 1.807) is 12.1 Å². The number of fused-ring (bicyclic) bond motifs is 6. The molecular formula is C28H38FN3O2. The van der Waals surface area contributed by atoms with E-state index >= 15 is 0 Å². The molecule has 5 nitrogen and oxygen atoms in total. The molecule has 1 aromatic heterocycles. The number of nitrogens with zero attached hydrogens (tertiary/aromatic N) is 3. The third-order valence-corrected chi connectivity index (χ3v) is 11.0. The number of ketones is 1. The van der Waals surface area contributed by atoms with Gasteiger partial charge in [-0.25, -0.2) is 4.39 Å². The summed E-state index contributed by atoms with van der Waals surface area (Å²) in [5.74, 6) is 2.49. The summed E-state index contributed by atoms with van der Waals surface area (Å²) in [6.45, 7) is 7.03. The molecule has 4 fully saturated rings. The molecule has 8 atom stereocenters. The smallest absolute Gasteiger partial charge is 0.159 e. The van der Waals surface area contributed by atoms with Gasteiger partial charge in [-0.15, -0.1) is 5.10 Å². The summed E-state index contributed by atoms with van der Waals surface area (Å²) >= 11 is 0. The minimum atomic E-state index is -0.501. The van der Waals surface area contributed by atoms with E-state index in [-0.39, 0.29) is 29.2 Å². The van der Waals surface area contributed by atoms with E-state index in [1.807, 2.05) is 6.92 Å². The van der Waals surface area contributed by atoms with Crippen molar-refractivity contribution in [2.45, 2.75) is 90.7 Å². The lowest BCUT2D eigenvalue weighted by Gasteiger charge is -2.61. The van der Waals surface area contributed by atoms with Crippen LogP contribution < -0.4 is 0 Å². The average Bonchev–Trinajstić information content (AvgIpc) is 3.35. The number of carbonyl (C=O) groups excluding carboxylic acids is 1. The largest absolute Gasteiger partial charge is 0.390 e. The van der Waals surface area contributed by atoms with E-state index in [2.05, 4.69) is 24.0 Å². The maximum atomic E-state index is 14.1. The van der Waals surface area contributed by atoms with Crippen LogP contribution in [-0.2, 0) is 11.3 Å². The van der Waals surface area contributed by atoms with Gasteiger partial charge in [0.15, 0.2) is 11.6 Å². The lowest BCUT2D eigenvalue weighted by atomic mass is 9.44. The summed E-state index contributed by atoms with van der Waals surface area (Å²) in [7, 11) is 0. The number of hydrogen-bond donors (Lipinski definition) is 1. The van der Waals surface area contributed by atoms with Crippen LogP contribution in [-0.4, -0.2) is 31.5 Å². The number of Topliss-reactive ketones (excluding diaryl/α,β-unsaturated/α-hetero) is 1. The zero-order valence-corrected chi connectivity index (χ0v) is 20.8. The zero-order chi connectivity index (χ0) is 23.9. The van der Waals surface area contributed by atoms with Gasteiger partial charge in [-0.1, -0.05) is 19.9 Å². The van der Waals surface area contributed by atoms with Crippen molar-refractivity contribution in [2.24, 2.45) is 40.4 Å². The Morgan fingerprint density at radius 2 is 1.82 bits per heavy atom. The topological polar surface area (TPSA) is 68.0 Å². The highest BCUT2D eigenvalue weighted by Gasteiger charge is 2.61. The van der Waals surface area contributed by atoms with E-state index in [9.17, 15) is 14.3 Å². The Kier molecular flexibility index (Phi) is 5.05. The molecule has 1 N–H and O–H groups in total. The molecule has 6 rings (SSSR count). The number of carbonyl (C=O) groups is 1. The lowest BCUT2D eigenvalue weighted by molar-refractivity contribution is -0.151. The van der Waals surface area contributed by atoms with Crippen molar-refractivity contribution in [1.82, 2.24) is 15.0 Å². The molecule has 184 valence electrons. The van der Waals surface area contributed by atoms with Crippen LogP contribution in [0.15, 0.2) is 18.2 Å². The van der Waals surface area contributed by atoms with Gasteiger partial charge in [0, 0.05) is 5.92 Å². The zero-order valence-electron chi connectivity index (χ0n) is 20.8. The van der Waals surface area contributed by atoms with Gasteiger partial charge in [-0.05, 0) is 111 Å². The van der Waals surface area contributed by atoms with Gasteiger partial charge >= 0.3 is 0 Å². The van der Waals surface area contributed by atoms with Crippen LogP contribution in [0.2, 0.25) is 0 Å². The molecule has 4 aliphatic carbocycles. The predicted octanol–water partition coefficient (Wildman–Crippen LogP) is 5.55. The third-order valence-electron chi connectivity index (χ3n) is 11.0. The van der Waals surface area contributed by atoms with Gasteiger partial charge in [0.2, 0.25) is 0 Å². The van der Waals surface area contributed by atoms with Crippen molar-refractivity contribution in [3.63, 3.8) is 0 Å². The quantitative estimate of drug-likeness (QED) is 0.643. The second-order valence-corrected chi connectivity index (χ2v) is 12.8. The normalized spacial score (nSPS) is 43.9. The fourth-order valence-corrected chi connectivity index (χ4v) is 9.23. The van der Waals surface area contributed by atoms with Crippen molar-refractivity contribution in [2.75, 3.05) is 0 Å². The highest BCUT2D eigenvalue weighted by atomic mass is 19.1. The Morgan fingerprint density at radius 1 is 1.03 bits per heavy atom. The molecule has 4 aliphatic rings. The second-order valence-electron chi connectivity index (χ2n) is 12.8. The second kappa shape index (κ2) is 7.59. The standard InChI is InChI=1S/C28H38FN3O2/c1-26(34)13-14-27(2)17(15-26)7-8-18-19-9-10-21(28(19,3)12-11-20(18)27)24(33)16-32-30-23-6-4-5-22(29)25(23)31-32/h4-6,17-21,34H,7-16H2,1-3H3/t17?,18?,19?,20?,21?,26-,27?,28?/m1/s1. The average molecular weight is 468 g/mol. The molecule has 2 aromatic rings. The summed E-state index contributed by atoms with van der Waals surface area (Å²) < 4.78 is 14.1. The van der Waals surface area contributed by atoms with E-state index in [4.69, 9.17) is 0 Å². The SMILES string of the molecule is CC12CC[C@@](C)(O)CC1CCC1C2CCC2(C)C(C(=O)Cn3nc4cccc(F)c4n3)CCC12. The van der Waals surface area contributed by atoms with Crippen LogP contribution >= 0.6 is 0 Å². The van der Waals surface area contributed by atoms with Crippen molar-refractivity contribution >= 4 is 16.8 Å². The van der Waals surface area contributed by atoms with Crippen LogP contribution in [0.1, 0.15) is 78.6 Å². The number of benzene rings is 1. The molecule has 0 spiro atoms. The van der Waals surface area contributed by atoms with E-state index in [0.29, 0.717) is 28.7 Å². The summed E-state index contributed by atoms with van der Waals surface area (Å²) in [5, 5.41) is 19.4. The predicted molar refractivity (Wildman–Crippen MR) is 128 cm³/mol. The van der Waals surface area contributed by atoms with Gasteiger partial charge < -0.3 is 5.11 Å². The fraction of sp³-hybridized carbons (Fsp3) is 0.750. The van der Waals surface area contributed by atoms with E-state index in [0.717, 1.165) is 44.4 Å². The van der Waals surface area contributed by atoms with Crippen LogP contribution in [0.25, 0.3) is 11.0 Å². The molecular weight excluding hydrogens is 429 g/mol. The third kappa shape index (κ3) is 3.30. The van der Waals surface area contributed by atoms with E-state index in [1.165, 1.54) is 30.1 Å². The van der Waals surface area contributed by atoms with E-state index < -0.39 is 11.4 Å². The summed E-state index contributed by atoms with van der Waals surface area (Å²) in [4.78, 5) is 14.9. The molecule has 7 unspecified atom stereocenters. The Hall–Kier alpha value is -1.82. The molecule has 6 heteroatoms. The van der Waals surface area contributed by atoms with Crippen LogP contribution in [0.4, 0.5) is 4.39 Å². The van der Waals surface area contributed by atoms with Gasteiger partial charge in [0.05, 0.1) is 5.60 Å². The number of rotatable bonds is 3. The molecule has 0 aliphatic heterocycles. The van der Waals surface area contributed by atoms with Crippen LogP contribution in [0.3, 0.4) is 0 Å². The minimum Gasteiger partial charge on any atom is -0.390 e. The molecule has 0 radical (unpaired) electrons.